The third-order valence-electron chi connectivity index (χ3n) is 5.72. The van der Waals surface area contributed by atoms with E-state index in [1.165, 1.54) is 0 Å². The van der Waals surface area contributed by atoms with Crippen molar-refractivity contribution in [3.05, 3.63) is 52.8 Å². The van der Waals surface area contributed by atoms with Crippen LogP contribution in [0.2, 0.25) is 0 Å². The SMILES string of the molecule is Cc1cc(C)n(Cc2ccc(C(=O)N[C@@H]3C[C@H](C(=O)O)[C@H]4C[C@H]43)cc2)n1. The monoisotopic (exact) mass is 353 g/mol. The lowest BCUT2D eigenvalue weighted by atomic mass is 10.0. The lowest BCUT2D eigenvalue weighted by molar-refractivity contribution is -0.142. The molecule has 1 amide bonds. The van der Waals surface area contributed by atoms with Crippen molar-refractivity contribution in [2.45, 2.75) is 39.3 Å². The highest BCUT2D eigenvalue weighted by molar-refractivity contribution is 5.94. The second kappa shape index (κ2) is 6.27. The van der Waals surface area contributed by atoms with E-state index >= 15 is 0 Å². The van der Waals surface area contributed by atoms with Gasteiger partial charge in [-0.2, -0.15) is 5.10 Å². The third kappa shape index (κ3) is 3.11. The number of amides is 1. The fraction of sp³-hybridized carbons (Fsp3) is 0.450. The minimum atomic E-state index is -0.734. The van der Waals surface area contributed by atoms with Gasteiger partial charge in [0, 0.05) is 17.3 Å². The summed E-state index contributed by atoms with van der Waals surface area (Å²) in [6, 6.07) is 9.57. The molecule has 0 saturated heterocycles. The first-order chi connectivity index (χ1) is 12.4. The Balaban J connectivity index is 1.38. The van der Waals surface area contributed by atoms with E-state index in [0.29, 0.717) is 24.4 Å². The number of aromatic nitrogens is 2. The average molecular weight is 353 g/mol. The van der Waals surface area contributed by atoms with Gasteiger partial charge in [-0.25, -0.2) is 0 Å². The number of aliphatic carboxylic acids is 1. The maximum absolute atomic E-state index is 12.5. The molecule has 0 spiro atoms. The van der Waals surface area contributed by atoms with Gasteiger partial charge in [0.15, 0.2) is 0 Å². The van der Waals surface area contributed by atoms with Gasteiger partial charge in [0.2, 0.25) is 0 Å². The van der Waals surface area contributed by atoms with Crippen molar-refractivity contribution in [1.29, 1.82) is 0 Å². The standard InChI is InChI=1S/C20H23N3O3/c1-11-7-12(2)23(22-11)10-13-3-5-14(6-4-13)19(24)21-18-9-17(20(25)26)15-8-16(15)18/h3-7,15-18H,8-10H2,1-2H3,(H,21,24)(H,25,26)/t15-,16+,17-,18+/m0/s1. The summed E-state index contributed by atoms with van der Waals surface area (Å²) < 4.78 is 1.95. The van der Waals surface area contributed by atoms with Crippen LogP contribution in [0.3, 0.4) is 0 Å². The molecule has 26 heavy (non-hydrogen) atoms. The lowest BCUT2D eigenvalue weighted by Crippen LogP contribution is -2.36. The van der Waals surface area contributed by atoms with E-state index in [1.54, 1.807) is 0 Å². The number of fused-ring (bicyclic) bond motifs is 1. The molecule has 4 rings (SSSR count). The van der Waals surface area contributed by atoms with Crippen LogP contribution in [0.4, 0.5) is 0 Å². The van der Waals surface area contributed by atoms with Crippen LogP contribution in [0.1, 0.15) is 40.2 Å². The number of hydrogen-bond donors (Lipinski definition) is 2. The molecule has 2 N–H and O–H groups in total. The predicted octanol–water partition coefficient (Wildman–Crippen LogP) is 2.39. The zero-order valence-corrected chi connectivity index (χ0v) is 15.0. The molecule has 0 aliphatic heterocycles. The van der Waals surface area contributed by atoms with E-state index in [4.69, 9.17) is 0 Å². The van der Waals surface area contributed by atoms with Gasteiger partial charge >= 0.3 is 5.97 Å². The Labute approximate surface area is 152 Å². The van der Waals surface area contributed by atoms with Crippen molar-refractivity contribution < 1.29 is 14.7 Å². The Kier molecular flexibility index (Phi) is 4.05. The van der Waals surface area contributed by atoms with Gasteiger partial charge in [-0.05, 0) is 62.3 Å². The Morgan fingerprint density at radius 2 is 1.92 bits per heavy atom. The summed E-state index contributed by atoms with van der Waals surface area (Å²) in [7, 11) is 0. The smallest absolute Gasteiger partial charge is 0.306 e. The molecule has 1 aromatic carbocycles. The third-order valence-corrected chi connectivity index (χ3v) is 5.72. The molecule has 4 atom stereocenters. The Bertz CT molecular complexity index is 856. The summed E-state index contributed by atoms with van der Waals surface area (Å²) in [5.41, 5.74) is 3.80. The molecule has 2 aliphatic carbocycles. The van der Waals surface area contributed by atoms with E-state index in [9.17, 15) is 14.7 Å². The van der Waals surface area contributed by atoms with E-state index in [-0.39, 0.29) is 23.8 Å². The molecule has 6 nitrogen and oxygen atoms in total. The van der Waals surface area contributed by atoms with Crippen LogP contribution in [0.25, 0.3) is 0 Å². The average Bonchev–Trinajstić information content (AvgIpc) is 3.21. The highest BCUT2D eigenvalue weighted by atomic mass is 16.4. The molecule has 2 aromatic rings. The van der Waals surface area contributed by atoms with Crippen LogP contribution in [0.5, 0.6) is 0 Å². The van der Waals surface area contributed by atoms with Gasteiger partial charge in [0.25, 0.3) is 5.91 Å². The Hall–Kier alpha value is -2.63. The van der Waals surface area contributed by atoms with Crippen molar-refractivity contribution in [2.75, 3.05) is 0 Å². The lowest BCUT2D eigenvalue weighted by Gasteiger charge is -2.16. The number of nitrogens with zero attached hydrogens (tertiary/aromatic N) is 2. The van der Waals surface area contributed by atoms with Gasteiger partial charge in [0.1, 0.15) is 0 Å². The van der Waals surface area contributed by atoms with Crippen LogP contribution in [0.15, 0.2) is 30.3 Å². The van der Waals surface area contributed by atoms with E-state index < -0.39 is 5.97 Å². The van der Waals surface area contributed by atoms with Crippen molar-refractivity contribution in [3.63, 3.8) is 0 Å². The summed E-state index contributed by atoms with van der Waals surface area (Å²) in [4.78, 5) is 23.7. The predicted molar refractivity (Wildman–Crippen MR) is 95.8 cm³/mol. The first-order valence-corrected chi connectivity index (χ1v) is 9.06. The van der Waals surface area contributed by atoms with Crippen molar-refractivity contribution in [3.8, 4) is 0 Å². The highest BCUT2D eigenvalue weighted by Gasteiger charge is 2.57. The van der Waals surface area contributed by atoms with Gasteiger partial charge in [-0.15, -0.1) is 0 Å². The first kappa shape index (κ1) is 16.8. The second-order valence-corrected chi connectivity index (χ2v) is 7.61. The maximum Gasteiger partial charge on any atom is 0.306 e. The molecule has 2 saturated carbocycles. The number of carboxylic acid groups (broad SMARTS) is 1. The molecule has 2 aliphatic rings. The number of aryl methyl sites for hydroxylation is 2. The number of rotatable bonds is 5. The normalized spacial score (nSPS) is 26.4. The summed E-state index contributed by atoms with van der Waals surface area (Å²) in [6.07, 6.45) is 1.47. The van der Waals surface area contributed by atoms with Gasteiger partial charge < -0.3 is 10.4 Å². The van der Waals surface area contributed by atoms with Crippen LogP contribution >= 0.6 is 0 Å². The minimum Gasteiger partial charge on any atom is -0.481 e. The molecule has 0 bridgehead atoms. The van der Waals surface area contributed by atoms with Crippen LogP contribution in [0, 0.1) is 31.6 Å². The fourth-order valence-corrected chi connectivity index (χ4v) is 4.26. The quantitative estimate of drug-likeness (QED) is 0.864. The number of nitrogens with one attached hydrogen (secondary N) is 1. The summed E-state index contributed by atoms with van der Waals surface area (Å²) in [5.74, 6) is -0.563. The van der Waals surface area contributed by atoms with Gasteiger partial charge in [-0.3, -0.25) is 14.3 Å². The van der Waals surface area contributed by atoms with Crippen LogP contribution in [-0.2, 0) is 11.3 Å². The van der Waals surface area contributed by atoms with Crippen LogP contribution < -0.4 is 5.32 Å². The van der Waals surface area contributed by atoms with Crippen LogP contribution in [-0.4, -0.2) is 32.8 Å². The summed E-state index contributed by atoms with van der Waals surface area (Å²) in [6.45, 7) is 4.67. The summed E-state index contributed by atoms with van der Waals surface area (Å²) >= 11 is 0. The molecular formula is C20H23N3O3. The highest BCUT2D eigenvalue weighted by Crippen LogP contribution is 2.55. The molecular weight excluding hydrogens is 330 g/mol. The maximum atomic E-state index is 12.5. The van der Waals surface area contributed by atoms with Crippen molar-refractivity contribution in [1.82, 2.24) is 15.1 Å². The van der Waals surface area contributed by atoms with Gasteiger partial charge in [0.05, 0.1) is 18.2 Å². The summed E-state index contributed by atoms with van der Waals surface area (Å²) in [5, 5.41) is 16.7. The number of carbonyl (C=O) groups excluding carboxylic acids is 1. The molecule has 1 heterocycles. The molecule has 1 aromatic heterocycles. The van der Waals surface area contributed by atoms with E-state index in [1.807, 2.05) is 48.9 Å². The number of hydrogen-bond acceptors (Lipinski definition) is 3. The Morgan fingerprint density at radius 1 is 1.19 bits per heavy atom. The van der Waals surface area contributed by atoms with Gasteiger partial charge in [-0.1, -0.05) is 12.1 Å². The molecule has 6 heteroatoms. The Morgan fingerprint density at radius 3 is 2.50 bits per heavy atom. The van der Waals surface area contributed by atoms with Crippen molar-refractivity contribution >= 4 is 11.9 Å². The molecule has 0 unspecified atom stereocenters. The fourth-order valence-electron chi connectivity index (χ4n) is 4.26. The topological polar surface area (TPSA) is 84.2 Å². The number of carboxylic acids is 1. The zero-order valence-electron chi connectivity index (χ0n) is 15.0. The number of benzene rings is 1. The largest absolute Gasteiger partial charge is 0.481 e. The second-order valence-electron chi connectivity index (χ2n) is 7.61. The molecule has 0 radical (unpaired) electrons. The molecule has 2 fully saturated rings. The first-order valence-electron chi connectivity index (χ1n) is 9.06. The van der Waals surface area contributed by atoms with E-state index in [2.05, 4.69) is 10.4 Å². The van der Waals surface area contributed by atoms with E-state index in [0.717, 1.165) is 23.4 Å². The molecule has 136 valence electrons. The zero-order chi connectivity index (χ0) is 18.4. The number of carbonyl (C=O) groups is 2. The van der Waals surface area contributed by atoms with Crippen molar-refractivity contribution in [2.24, 2.45) is 17.8 Å². The minimum absolute atomic E-state index is 0.0111.